The molecule has 4 aliphatic carbocycles. The van der Waals surface area contributed by atoms with Crippen LogP contribution in [-0.4, -0.2) is 14.8 Å². The maximum Gasteiger partial charge on any atom is 0.218 e. The van der Waals surface area contributed by atoms with E-state index < -0.39 is 0 Å². The Morgan fingerprint density at radius 1 is 1.06 bits per heavy atom. The maximum atomic E-state index is 5.82. The summed E-state index contributed by atoms with van der Waals surface area (Å²) in [5, 5.41) is 4.54. The fourth-order valence-corrected chi connectivity index (χ4v) is 4.90. The Kier molecular flexibility index (Phi) is 1.89. The molecule has 4 fully saturated rings. The van der Waals surface area contributed by atoms with Crippen molar-refractivity contribution in [1.29, 1.82) is 0 Å². The van der Waals surface area contributed by atoms with Gasteiger partial charge >= 0.3 is 0 Å². The lowest BCUT2D eigenvalue weighted by molar-refractivity contribution is -0.00564. The highest BCUT2D eigenvalue weighted by Gasteiger charge is 2.49. The van der Waals surface area contributed by atoms with Crippen LogP contribution < -0.4 is 5.73 Å². The zero-order valence-corrected chi connectivity index (χ0v) is 10.3. The van der Waals surface area contributed by atoms with Crippen molar-refractivity contribution in [2.75, 3.05) is 5.73 Å². The van der Waals surface area contributed by atoms with Gasteiger partial charge in [-0.05, 0) is 55.8 Å². The van der Waals surface area contributed by atoms with Gasteiger partial charge in [0.05, 0.1) is 0 Å². The van der Waals surface area contributed by atoms with E-state index >= 15 is 0 Å². The Morgan fingerprint density at radius 2 is 1.65 bits per heavy atom. The number of aromatic nitrogens is 3. The number of anilines is 1. The minimum Gasteiger partial charge on any atom is -0.368 e. The monoisotopic (exact) mass is 232 g/mol. The predicted octanol–water partition coefficient (Wildman–Crippen LogP) is 1.94. The summed E-state index contributed by atoms with van der Waals surface area (Å²) in [5.41, 5.74) is 5.82. The van der Waals surface area contributed by atoms with Gasteiger partial charge in [0, 0.05) is 13.0 Å². The average Bonchev–Trinajstić information content (AvgIpc) is 2.57. The SMILES string of the molecule is Cn1nc(C2C3CC4CC(C3)CC2C4)nc1N. The molecule has 1 aromatic rings. The molecular weight excluding hydrogens is 212 g/mol. The number of nitrogens with zero attached hydrogens (tertiary/aromatic N) is 3. The summed E-state index contributed by atoms with van der Waals surface area (Å²) in [6.45, 7) is 0. The molecule has 0 aliphatic heterocycles. The molecule has 92 valence electrons. The van der Waals surface area contributed by atoms with Gasteiger partial charge in [0.1, 0.15) is 0 Å². The van der Waals surface area contributed by atoms with Crippen LogP contribution in [0.4, 0.5) is 5.95 Å². The zero-order valence-electron chi connectivity index (χ0n) is 10.3. The molecule has 4 aliphatic rings. The van der Waals surface area contributed by atoms with Crippen LogP contribution in [0, 0.1) is 23.7 Å². The summed E-state index contributed by atoms with van der Waals surface area (Å²) in [5.74, 6) is 5.89. The van der Waals surface area contributed by atoms with Crippen LogP contribution in [0.5, 0.6) is 0 Å². The smallest absolute Gasteiger partial charge is 0.218 e. The number of aryl methyl sites for hydroxylation is 1. The van der Waals surface area contributed by atoms with E-state index in [0.717, 1.165) is 29.5 Å². The fraction of sp³-hybridized carbons (Fsp3) is 0.846. The fourth-order valence-electron chi connectivity index (χ4n) is 4.90. The van der Waals surface area contributed by atoms with Crippen LogP contribution in [0.3, 0.4) is 0 Å². The van der Waals surface area contributed by atoms with Crippen molar-refractivity contribution in [3.63, 3.8) is 0 Å². The molecule has 4 heteroatoms. The third kappa shape index (κ3) is 1.36. The van der Waals surface area contributed by atoms with Crippen molar-refractivity contribution in [2.45, 2.75) is 38.0 Å². The van der Waals surface area contributed by atoms with Gasteiger partial charge in [-0.25, -0.2) is 4.68 Å². The molecule has 4 saturated carbocycles. The van der Waals surface area contributed by atoms with E-state index in [-0.39, 0.29) is 0 Å². The predicted molar refractivity (Wildman–Crippen MR) is 65.2 cm³/mol. The molecule has 17 heavy (non-hydrogen) atoms. The maximum absolute atomic E-state index is 5.82. The molecule has 1 aromatic heterocycles. The second-order valence-corrected chi connectivity index (χ2v) is 6.41. The van der Waals surface area contributed by atoms with Gasteiger partial charge in [-0.3, -0.25) is 0 Å². The Bertz CT molecular complexity index is 403. The first-order valence-corrected chi connectivity index (χ1v) is 6.87. The minimum atomic E-state index is 0.564. The normalized spacial score (nSPS) is 43.2. The van der Waals surface area contributed by atoms with Crippen LogP contribution in [0.1, 0.15) is 43.8 Å². The molecule has 0 unspecified atom stereocenters. The summed E-state index contributed by atoms with van der Waals surface area (Å²) in [4.78, 5) is 4.49. The number of hydrogen-bond acceptors (Lipinski definition) is 3. The second-order valence-electron chi connectivity index (χ2n) is 6.41. The van der Waals surface area contributed by atoms with Crippen molar-refractivity contribution >= 4 is 5.95 Å². The summed E-state index contributed by atoms with van der Waals surface area (Å²) in [7, 11) is 1.89. The largest absolute Gasteiger partial charge is 0.368 e. The molecule has 0 amide bonds. The van der Waals surface area contributed by atoms with E-state index in [1.807, 2.05) is 7.05 Å². The Labute approximate surface area is 102 Å². The average molecular weight is 232 g/mol. The lowest BCUT2D eigenvalue weighted by Crippen LogP contribution is -2.44. The summed E-state index contributed by atoms with van der Waals surface area (Å²) >= 11 is 0. The van der Waals surface area contributed by atoms with Gasteiger partial charge in [-0.1, -0.05) is 0 Å². The zero-order chi connectivity index (χ0) is 11.6. The molecule has 4 nitrogen and oxygen atoms in total. The molecule has 0 atom stereocenters. The van der Waals surface area contributed by atoms with Crippen LogP contribution >= 0.6 is 0 Å². The van der Waals surface area contributed by atoms with Crippen molar-refractivity contribution < 1.29 is 0 Å². The molecular formula is C13H20N4. The minimum absolute atomic E-state index is 0.564. The third-order valence-electron chi connectivity index (χ3n) is 5.34. The summed E-state index contributed by atoms with van der Waals surface area (Å²) < 4.78 is 1.72. The van der Waals surface area contributed by atoms with Gasteiger partial charge in [-0.2, -0.15) is 10.1 Å². The van der Waals surface area contributed by atoms with Crippen molar-refractivity contribution in [3.05, 3.63) is 5.82 Å². The molecule has 5 rings (SSSR count). The third-order valence-corrected chi connectivity index (χ3v) is 5.34. The van der Waals surface area contributed by atoms with Crippen molar-refractivity contribution in [2.24, 2.45) is 30.7 Å². The highest BCUT2D eigenvalue weighted by atomic mass is 15.4. The molecule has 4 bridgehead atoms. The number of nitrogens with two attached hydrogens (primary N) is 1. The van der Waals surface area contributed by atoms with Crippen molar-refractivity contribution in [3.8, 4) is 0 Å². The van der Waals surface area contributed by atoms with Gasteiger partial charge in [-0.15, -0.1) is 0 Å². The molecule has 0 aromatic carbocycles. The van der Waals surface area contributed by atoms with Gasteiger partial charge in [0.2, 0.25) is 5.95 Å². The van der Waals surface area contributed by atoms with Crippen molar-refractivity contribution in [1.82, 2.24) is 14.8 Å². The van der Waals surface area contributed by atoms with Gasteiger partial charge in [0.25, 0.3) is 0 Å². The first kappa shape index (κ1) is 9.92. The van der Waals surface area contributed by atoms with E-state index in [1.165, 1.54) is 32.1 Å². The Balaban J connectivity index is 1.70. The van der Waals surface area contributed by atoms with E-state index in [4.69, 9.17) is 5.73 Å². The van der Waals surface area contributed by atoms with E-state index in [9.17, 15) is 0 Å². The number of hydrogen-bond donors (Lipinski definition) is 1. The first-order valence-electron chi connectivity index (χ1n) is 6.87. The van der Waals surface area contributed by atoms with Crippen LogP contribution in [0.25, 0.3) is 0 Å². The standard InChI is InChI=1S/C13H20N4/c1-17-13(14)15-12(16-17)11-9-3-7-2-8(5-9)6-10(11)4-7/h7-11H,2-6H2,1H3,(H2,14,15,16). The highest BCUT2D eigenvalue weighted by Crippen LogP contribution is 2.59. The van der Waals surface area contributed by atoms with Crippen LogP contribution in [0.2, 0.25) is 0 Å². The lowest BCUT2D eigenvalue weighted by atomic mass is 9.52. The quantitative estimate of drug-likeness (QED) is 0.805. The highest BCUT2D eigenvalue weighted by molar-refractivity contribution is 5.20. The number of rotatable bonds is 1. The van der Waals surface area contributed by atoms with Gasteiger partial charge in [0.15, 0.2) is 5.82 Å². The molecule has 1 heterocycles. The van der Waals surface area contributed by atoms with E-state index in [0.29, 0.717) is 11.9 Å². The Morgan fingerprint density at radius 3 is 2.12 bits per heavy atom. The molecule has 2 N–H and O–H groups in total. The van der Waals surface area contributed by atoms with Crippen LogP contribution in [-0.2, 0) is 7.05 Å². The first-order chi connectivity index (χ1) is 8.20. The van der Waals surface area contributed by atoms with Gasteiger partial charge < -0.3 is 5.73 Å². The summed E-state index contributed by atoms with van der Waals surface area (Å²) in [6, 6.07) is 0. The second kappa shape index (κ2) is 3.24. The van der Waals surface area contributed by atoms with E-state index in [1.54, 1.807) is 4.68 Å². The van der Waals surface area contributed by atoms with Crippen LogP contribution in [0.15, 0.2) is 0 Å². The summed E-state index contributed by atoms with van der Waals surface area (Å²) in [6.07, 6.45) is 7.15. The van der Waals surface area contributed by atoms with E-state index in [2.05, 4.69) is 10.1 Å². The molecule has 0 radical (unpaired) electrons. The topological polar surface area (TPSA) is 56.7 Å². The number of nitrogen functional groups attached to an aromatic ring is 1. The Hall–Kier alpha value is -1.06. The molecule has 0 saturated heterocycles. The lowest BCUT2D eigenvalue weighted by Gasteiger charge is -2.53. The molecule has 0 spiro atoms.